The maximum Gasteiger partial charge on any atom is 0.339 e. The summed E-state index contributed by atoms with van der Waals surface area (Å²) >= 11 is 0. The number of rotatable bonds is 4. The van der Waals surface area contributed by atoms with E-state index in [0.29, 0.717) is 5.56 Å². The Morgan fingerprint density at radius 3 is 2.11 bits per heavy atom. The normalized spacial score (nSPS) is 11.2. The van der Waals surface area contributed by atoms with Crippen LogP contribution in [0.3, 0.4) is 0 Å². The Hall–Kier alpha value is -3.23. The summed E-state index contributed by atoms with van der Waals surface area (Å²) in [4.78, 5) is 24.1. The van der Waals surface area contributed by atoms with Gasteiger partial charge in [0.05, 0.1) is 25.3 Å². The van der Waals surface area contributed by atoms with Crippen molar-refractivity contribution in [2.24, 2.45) is 0 Å². The molecule has 0 fully saturated rings. The Kier molecular flexibility index (Phi) is 5.17. The molecule has 144 valence electrons. The molecule has 0 heterocycles. The van der Waals surface area contributed by atoms with Gasteiger partial charge in [0.15, 0.2) is 0 Å². The second-order valence-electron chi connectivity index (χ2n) is 5.88. The van der Waals surface area contributed by atoms with Gasteiger partial charge in [-0.25, -0.2) is 9.59 Å². The van der Waals surface area contributed by atoms with Gasteiger partial charge in [0, 0.05) is 5.56 Å². The first-order valence-electron chi connectivity index (χ1n) is 8.08. The lowest BCUT2D eigenvalue weighted by atomic mass is 9.93. The van der Waals surface area contributed by atoms with Gasteiger partial charge in [0.1, 0.15) is 4.90 Å². The molecule has 0 aromatic heterocycles. The Balaban J connectivity index is 2.47. The molecule has 0 saturated heterocycles. The molecule has 0 aliphatic carbocycles. The Morgan fingerprint density at radius 1 is 0.857 bits per heavy atom. The average molecular weight is 400 g/mol. The van der Waals surface area contributed by atoms with E-state index < -0.39 is 27.0 Å². The quantitative estimate of drug-likeness (QED) is 0.529. The summed E-state index contributed by atoms with van der Waals surface area (Å²) in [5.74, 6) is -1.78. The minimum absolute atomic E-state index is 0.136. The molecule has 0 unspecified atom stereocenters. The predicted octanol–water partition coefficient (Wildman–Crippen LogP) is 3.33. The minimum atomic E-state index is -4.71. The van der Waals surface area contributed by atoms with Crippen molar-refractivity contribution in [3.8, 4) is 11.1 Å². The van der Waals surface area contributed by atoms with Crippen LogP contribution in [0.4, 0.5) is 0 Å². The molecule has 0 amide bonds. The van der Waals surface area contributed by atoms with E-state index in [1.165, 1.54) is 0 Å². The monoisotopic (exact) mass is 400 g/mol. The van der Waals surface area contributed by atoms with Crippen molar-refractivity contribution in [1.82, 2.24) is 0 Å². The third-order valence-electron chi connectivity index (χ3n) is 4.28. The van der Waals surface area contributed by atoms with Crippen LogP contribution < -0.4 is 0 Å². The smallest absolute Gasteiger partial charge is 0.339 e. The van der Waals surface area contributed by atoms with Gasteiger partial charge < -0.3 is 9.47 Å². The first-order valence-corrected chi connectivity index (χ1v) is 9.52. The van der Waals surface area contributed by atoms with Crippen molar-refractivity contribution in [2.75, 3.05) is 14.2 Å². The van der Waals surface area contributed by atoms with E-state index in [1.54, 1.807) is 18.2 Å². The Labute approximate surface area is 161 Å². The summed E-state index contributed by atoms with van der Waals surface area (Å²) in [5, 5.41) is 1.67. The highest BCUT2D eigenvalue weighted by Gasteiger charge is 2.29. The number of hydrogen-bond acceptors (Lipinski definition) is 6. The number of carbonyl (C=O) groups excluding carboxylic acids is 2. The van der Waals surface area contributed by atoms with E-state index in [1.807, 2.05) is 24.3 Å². The first kappa shape index (κ1) is 19.5. The Morgan fingerprint density at radius 2 is 1.50 bits per heavy atom. The maximum atomic E-state index is 12.5. The van der Waals surface area contributed by atoms with Crippen LogP contribution in [0.15, 0.2) is 59.5 Å². The number of carbonyl (C=O) groups is 2. The van der Waals surface area contributed by atoms with Gasteiger partial charge in [-0.15, -0.1) is 0 Å². The summed E-state index contributed by atoms with van der Waals surface area (Å²) in [7, 11) is -2.47. The maximum absolute atomic E-state index is 12.5. The lowest BCUT2D eigenvalue weighted by Gasteiger charge is -2.16. The number of hydrogen-bond donors (Lipinski definition) is 1. The number of benzene rings is 3. The average Bonchev–Trinajstić information content (AvgIpc) is 2.70. The van der Waals surface area contributed by atoms with E-state index in [9.17, 15) is 22.6 Å². The molecular formula is C20H16O7S. The van der Waals surface area contributed by atoms with Gasteiger partial charge in [0.2, 0.25) is 0 Å². The molecule has 0 bridgehead atoms. The van der Waals surface area contributed by atoms with E-state index in [2.05, 4.69) is 0 Å². The molecule has 3 rings (SSSR count). The predicted molar refractivity (Wildman–Crippen MR) is 102 cm³/mol. The molecule has 0 radical (unpaired) electrons. The highest BCUT2D eigenvalue weighted by molar-refractivity contribution is 7.86. The molecule has 7 nitrogen and oxygen atoms in total. The second-order valence-corrected chi connectivity index (χ2v) is 7.27. The zero-order chi connectivity index (χ0) is 20.5. The second kappa shape index (κ2) is 7.41. The number of ether oxygens (including phenoxy) is 2. The summed E-state index contributed by atoms with van der Waals surface area (Å²) in [5.41, 5.74) is -0.301. The zero-order valence-corrected chi connectivity index (χ0v) is 15.8. The fraction of sp³-hybridized carbons (Fsp3) is 0.100. The molecular weight excluding hydrogens is 384 g/mol. The van der Waals surface area contributed by atoms with E-state index in [4.69, 9.17) is 9.47 Å². The van der Waals surface area contributed by atoms with Crippen LogP contribution >= 0.6 is 0 Å². The lowest BCUT2D eigenvalue weighted by Crippen LogP contribution is -2.16. The molecule has 0 saturated carbocycles. The highest BCUT2D eigenvalue weighted by Crippen LogP contribution is 2.35. The number of methoxy groups -OCH3 is 2. The van der Waals surface area contributed by atoms with Crippen LogP contribution in [0.5, 0.6) is 0 Å². The first-order chi connectivity index (χ1) is 13.3. The lowest BCUT2D eigenvalue weighted by molar-refractivity contribution is 0.0555. The van der Waals surface area contributed by atoms with Gasteiger partial charge in [0.25, 0.3) is 10.1 Å². The van der Waals surface area contributed by atoms with E-state index in [-0.39, 0.29) is 16.7 Å². The largest absolute Gasteiger partial charge is 0.465 e. The van der Waals surface area contributed by atoms with Crippen LogP contribution in [-0.2, 0) is 19.6 Å². The van der Waals surface area contributed by atoms with Gasteiger partial charge >= 0.3 is 11.9 Å². The van der Waals surface area contributed by atoms with E-state index in [0.717, 1.165) is 37.1 Å². The van der Waals surface area contributed by atoms with Crippen molar-refractivity contribution in [3.05, 3.63) is 65.7 Å². The fourth-order valence-corrected chi connectivity index (χ4v) is 3.74. The molecule has 0 aliphatic rings. The third kappa shape index (κ3) is 3.47. The summed E-state index contributed by atoms with van der Waals surface area (Å²) in [6.07, 6.45) is 0. The van der Waals surface area contributed by atoms with Crippen LogP contribution in [0, 0.1) is 0 Å². The van der Waals surface area contributed by atoms with Crippen molar-refractivity contribution < 1.29 is 32.0 Å². The summed E-state index contributed by atoms with van der Waals surface area (Å²) in [6, 6.07) is 14.5. The van der Waals surface area contributed by atoms with Crippen LogP contribution in [0.1, 0.15) is 20.7 Å². The molecule has 0 atom stereocenters. The third-order valence-corrected chi connectivity index (χ3v) is 5.17. The molecule has 8 heteroatoms. The van der Waals surface area contributed by atoms with Crippen LogP contribution in [0.2, 0.25) is 0 Å². The fourth-order valence-electron chi connectivity index (χ4n) is 3.02. The number of fused-ring (bicyclic) bond motifs is 1. The van der Waals surface area contributed by atoms with Crippen LogP contribution in [0.25, 0.3) is 21.9 Å². The van der Waals surface area contributed by atoms with Gasteiger partial charge in [-0.05, 0) is 34.5 Å². The summed E-state index contributed by atoms with van der Waals surface area (Å²) < 4.78 is 43.2. The van der Waals surface area contributed by atoms with Gasteiger partial charge in [-0.2, -0.15) is 8.42 Å². The molecule has 0 spiro atoms. The molecule has 0 aliphatic heterocycles. The van der Waals surface area contributed by atoms with Gasteiger partial charge in [-0.3, -0.25) is 4.55 Å². The van der Waals surface area contributed by atoms with Crippen molar-refractivity contribution in [2.45, 2.75) is 4.90 Å². The SMILES string of the molecule is COC(=O)c1ccc(S(=O)(=O)O)c(-c2ccc3ccccc3c2)c1C(=O)OC. The molecule has 28 heavy (non-hydrogen) atoms. The minimum Gasteiger partial charge on any atom is -0.465 e. The van der Waals surface area contributed by atoms with Gasteiger partial charge in [-0.1, -0.05) is 36.4 Å². The van der Waals surface area contributed by atoms with E-state index >= 15 is 0 Å². The highest BCUT2D eigenvalue weighted by atomic mass is 32.2. The molecule has 3 aromatic carbocycles. The standard InChI is InChI=1S/C20H16O7S/c1-26-19(21)15-9-10-16(28(23,24)25)17(18(15)20(22)27-2)14-8-7-12-5-3-4-6-13(12)11-14/h3-11H,1-2H3,(H,23,24,25). The van der Waals surface area contributed by atoms with Crippen LogP contribution in [-0.4, -0.2) is 39.1 Å². The molecule has 1 N–H and O–H groups in total. The van der Waals surface area contributed by atoms with Crippen molar-refractivity contribution >= 4 is 32.8 Å². The zero-order valence-electron chi connectivity index (χ0n) is 15.0. The number of esters is 2. The summed E-state index contributed by atoms with van der Waals surface area (Å²) in [6.45, 7) is 0. The topological polar surface area (TPSA) is 107 Å². The van der Waals surface area contributed by atoms with Crippen molar-refractivity contribution in [3.63, 3.8) is 0 Å². The Bertz CT molecular complexity index is 1200. The van der Waals surface area contributed by atoms with Crippen molar-refractivity contribution in [1.29, 1.82) is 0 Å². The molecule has 3 aromatic rings.